The Morgan fingerprint density at radius 3 is 2.75 bits per heavy atom. The number of hydrogen-bond acceptors (Lipinski definition) is 4. The lowest BCUT2D eigenvalue weighted by atomic mass is 10.1. The number of fused-ring (bicyclic) bond motifs is 3. The summed E-state index contributed by atoms with van der Waals surface area (Å²) in [7, 11) is 0. The average Bonchev–Trinajstić information content (AvgIpc) is 3.26. The van der Waals surface area contributed by atoms with Crippen molar-refractivity contribution in [2.45, 2.75) is 32.6 Å². The van der Waals surface area contributed by atoms with Crippen LogP contribution in [0.15, 0.2) is 48.5 Å². The summed E-state index contributed by atoms with van der Waals surface area (Å²) in [4.78, 5) is 12.4. The van der Waals surface area contributed by atoms with Gasteiger partial charge in [-0.15, -0.1) is 11.3 Å². The van der Waals surface area contributed by atoms with Gasteiger partial charge in [-0.1, -0.05) is 48.0 Å². The molecule has 0 atom stereocenters. The Morgan fingerprint density at radius 1 is 1.07 bits per heavy atom. The zero-order valence-electron chi connectivity index (χ0n) is 15.6. The minimum Gasteiger partial charge on any atom is -0.340 e. The van der Waals surface area contributed by atoms with E-state index in [9.17, 15) is 0 Å². The highest BCUT2D eigenvalue weighted by molar-refractivity contribution is 7.19. The van der Waals surface area contributed by atoms with Crippen molar-refractivity contribution in [3.63, 3.8) is 0 Å². The standard InChI is InChI=1S/C23H20ClN3S/c1-14-10-11-16(13-18(14)24)25-22-21-17-8-5-9-19(17)28-23(21)27-20(26-22)12-15-6-3-2-4-7-15/h2-4,6-7,10-11,13H,5,8-9,12H2,1H3,(H,25,26,27). The maximum Gasteiger partial charge on any atom is 0.143 e. The second kappa shape index (κ2) is 7.19. The highest BCUT2D eigenvalue weighted by Crippen LogP contribution is 2.40. The third-order valence-corrected chi connectivity index (χ3v) is 6.84. The van der Waals surface area contributed by atoms with Gasteiger partial charge in [-0.25, -0.2) is 9.97 Å². The Kier molecular flexibility index (Phi) is 4.53. The van der Waals surface area contributed by atoms with Gasteiger partial charge >= 0.3 is 0 Å². The molecular weight excluding hydrogens is 386 g/mol. The number of anilines is 2. The van der Waals surface area contributed by atoms with Crippen molar-refractivity contribution in [1.29, 1.82) is 0 Å². The third-order valence-electron chi connectivity index (χ3n) is 5.25. The smallest absolute Gasteiger partial charge is 0.143 e. The van der Waals surface area contributed by atoms with Crippen LogP contribution in [0.5, 0.6) is 0 Å². The Morgan fingerprint density at radius 2 is 1.93 bits per heavy atom. The normalized spacial score (nSPS) is 13.1. The zero-order chi connectivity index (χ0) is 19.1. The Balaban J connectivity index is 1.61. The number of aryl methyl sites for hydroxylation is 3. The van der Waals surface area contributed by atoms with Crippen LogP contribution in [0.25, 0.3) is 10.2 Å². The predicted molar refractivity (Wildman–Crippen MR) is 118 cm³/mol. The van der Waals surface area contributed by atoms with Crippen LogP contribution in [0, 0.1) is 6.92 Å². The monoisotopic (exact) mass is 405 g/mol. The number of thiophene rings is 1. The van der Waals surface area contributed by atoms with Gasteiger partial charge in [0, 0.05) is 22.0 Å². The lowest BCUT2D eigenvalue weighted by Crippen LogP contribution is -2.02. The van der Waals surface area contributed by atoms with Gasteiger partial charge in [-0.05, 0) is 55.0 Å². The summed E-state index contributed by atoms with van der Waals surface area (Å²) >= 11 is 8.16. The summed E-state index contributed by atoms with van der Waals surface area (Å²) in [5.74, 6) is 1.74. The Labute approximate surface area is 173 Å². The van der Waals surface area contributed by atoms with Crippen molar-refractivity contribution in [2.24, 2.45) is 0 Å². The van der Waals surface area contributed by atoms with E-state index in [1.807, 2.05) is 36.5 Å². The van der Waals surface area contributed by atoms with E-state index >= 15 is 0 Å². The van der Waals surface area contributed by atoms with E-state index in [-0.39, 0.29) is 0 Å². The largest absolute Gasteiger partial charge is 0.340 e. The fourth-order valence-electron chi connectivity index (χ4n) is 3.80. The number of benzene rings is 2. The van der Waals surface area contributed by atoms with Crippen molar-refractivity contribution in [1.82, 2.24) is 9.97 Å². The lowest BCUT2D eigenvalue weighted by Gasteiger charge is -2.11. The minimum absolute atomic E-state index is 0.725. The minimum atomic E-state index is 0.725. The summed E-state index contributed by atoms with van der Waals surface area (Å²) in [5.41, 5.74) is 4.67. The van der Waals surface area contributed by atoms with Crippen LogP contribution in [0.4, 0.5) is 11.5 Å². The molecule has 140 valence electrons. The summed E-state index contributed by atoms with van der Waals surface area (Å²) < 4.78 is 0. The number of nitrogens with zero attached hydrogens (tertiary/aromatic N) is 2. The van der Waals surface area contributed by atoms with Gasteiger partial charge in [0.2, 0.25) is 0 Å². The van der Waals surface area contributed by atoms with Gasteiger partial charge < -0.3 is 5.32 Å². The van der Waals surface area contributed by atoms with E-state index < -0.39 is 0 Å². The molecule has 0 unspecified atom stereocenters. The molecule has 1 aliphatic carbocycles. The van der Waals surface area contributed by atoms with Crippen LogP contribution in [0.3, 0.4) is 0 Å². The highest BCUT2D eigenvalue weighted by atomic mass is 35.5. The van der Waals surface area contributed by atoms with Gasteiger partial charge in [0.25, 0.3) is 0 Å². The maximum atomic E-state index is 6.34. The van der Waals surface area contributed by atoms with Crippen molar-refractivity contribution in [3.8, 4) is 0 Å². The Bertz CT molecular complexity index is 1170. The van der Waals surface area contributed by atoms with E-state index in [0.717, 1.165) is 52.0 Å². The van der Waals surface area contributed by atoms with E-state index in [1.165, 1.54) is 27.8 Å². The second-order valence-corrected chi connectivity index (χ2v) is 8.77. The first-order chi connectivity index (χ1) is 13.7. The molecule has 2 aromatic carbocycles. The molecule has 0 amide bonds. The number of hydrogen-bond donors (Lipinski definition) is 1. The topological polar surface area (TPSA) is 37.8 Å². The summed E-state index contributed by atoms with van der Waals surface area (Å²) in [6.45, 7) is 2.01. The number of halogens is 1. The predicted octanol–water partition coefficient (Wildman–Crippen LogP) is 6.48. The SMILES string of the molecule is Cc1ccc(Nc2nc(Cc3ccccc3)nc3sc4c(c23)CCC4)cc1Cl. The Hall–Kier alpha value is -2.43. The molecule has 0 fully saturated rings. The molecule has 0 saturated heterocycles. The molecule has 5 rings (SSSR count). The molecule has 0 saturated carbocycles. The summed E-state index contributed by atoms with van der Waals surface area (Å²) in [5, 5.41) is 5.47. The van der Waals surface area contributed by atoms with E-state index in [1.54, 1.807) is 0 Å². The molecule has 1 N–H and O–H groups in total. The molecule has 0 radical (unpaired) electrons. The van der Waals surface area contributed by atoms with Crippen molar-refractivity contribution in [3.05, 3.63) is 80.9 Å². The van der Waals surface area contributed by atoms with Crippen LogP contribution in [-0.4, -0.2) is 9.97 Å². The fraction of sp³-hybridized carbons (Fsp3) is 0.217. The van der Waals surface area contributed by atoms with Gasteiger partial charge in [0.1, 0.15) is 16.5 Å². The molecule has 0 aliphatic heterocycles. The quantitative estimate of drug-likeness (QED) is 0.422. The molecule has 0 bridgehead atoms. The average molecular weight is 406 g/mol. The summed E-state index contributed by atoms with van der Waals surface area (Å²) in [6.07, 6.45) is 4.21. The molecule has 4 aromatic rings. The van der Waals surface area contributed by atoms with Crippen LogP contribution in [0.1, 0.15) is 33.8 Å². The van der Waals surface area contributed by atoms with E-state index in [4.69, 9.17) is 21.6 Å². The molecule has 0 spiro atoms. The molecule has 5 heteroatoms. The van der Waals surface area contributed by atoms with Crippen molar-refractivity contribution < 1.29 is 0 Å². The molecule has 28 heavy (non-hydrogen) atoms. The molecule has 2 heterocycles. The number of nitrogens with one attached hydrogen (secondary N) is 1. The van der Waals surface area contributed by atoms with Crippen molar-refractivity contribution >= 4 is 44.7 Å². The van der Waals surface area contributed by atoms with Crippen LogP contribution in [0.2, 0.25) is 5.02 Å². The van der Waals surface area contributed by atoms with Gasteiger partial charge in [0.15, 0.2) is 0 Å². The van der Waals surface area contributed by atoms with Gasteiger partial charge in [0.05, 0.1) is 5.39 Å². The lowest BCUT2D eigenvalue weighted by molar-refractivity contribution is 0.916. The maximum absolute atomic E-state index is 6.34. The second-order valence-electron chi connectivity index (χ2n) is 7.28. The number of aromatic nitrogens is 2. The van der Waals surface area contributed by atoms with Gasteiger partial charge in [-0.3, -0.25) is 0 Å². The third kappa shape index (κ3) is 3.27. The first-order valence-corrected chi connectivity index (χ1v) is 10.7. The first-order valence-electron chi connectivity index (χ1n) is 9.55. The van der Waals surface area contributed by atoms with E-state index in [0.29, 0.717) is 0 Å². The molecule has 3 nitrogen and oxygen atoms in total. The van der Waals surface area contributed by atoms with E-state index in [2.05, 4.69) is 35.6 Å². The highest BCUT2D eigenvalue weighted by Gasteiger charge is 2.22. The number of rotatable bonds is 4. The molecule has 2 aromatic heterocycles. The van der Waals surface area contributed by atoms with Crippen LogP contribution >= 0.6 is 22.9 Å². The van der Waals surface area contributed by atoms with Crippen LogP contribution < -0.4 is 5.32 Å². The fourth-order valence-corrected chi connectivity index (χ4v) is 5.26. The van der Waals surface area contributed by atoms with Crippen molar-refractivity contribution in [2.75, 3.05) is 5.32 Å². The molecule has 1 aliphatic rings. The summed E-state index contributed by atoms with van der Waals surface area (Å²) in [6, 6.07) is 16.4. The van der Waals surface area contributed by atoms with Gasteiger partial charge in [-0.2, -0.15) is 0 Å². The first kappa shape index (κ1) is 17.7. The van der Waals surface area contributed by atoms with Crippen LogP contribution in [-0.2, 0) is 19.3 Å². The molecular formula is C23H20ClN3S. The zero-order valence-corrected chi connectivity index (χ0v) is 17.2.